The Bertz CT molecular complexity index is 690. The Morgan fingerprint density at radius 2 is 2.05 bits per heavy atom. The summed E-state index contributed by atoms with van der Waals surface area (Å²) in [6.45, 7) is 4.60. The third kappa shape index (κ3) is 3.37. The molecule has 5 heteroatoms. The zero-order valence-electron chi connectivity index (χ0n) is 12.1. The topological polar surface area (TPSA) is 72.2 Å². The van der Waals surface area contributed by atoms with Crippen LogP contribution >= 0.6 is 0 Å². The molecule has 0 aromatic carbocycles. The van der Waals surface area contributed by atoms with Gasteiger partial charge in [-0.15, -0.1) is 0 Å². The van der Waals surface area contributed by atoms with Crippen LogP contribution in [0.25, 0.3) is 11.4 Å². The molecule has 0 unspecified atom stereocenters. The second-order valence-corrected chi connectivity index (χ2v) is 5.29. The molecular formula is C16H18N2O3. The van der Waals surface area contributed by atoms with E-state index in [0.29, 0.717) is 23.9 Å². The van der Waals surface area contributed by atoms with Crippen molar-refractivity contribution in [3.63, 3.8) is 0 Å². The lowest BCUT2D eigenvalue weighted by Crippen LogP contribution is -2.28. The van der Waals surface area contributed by atoms with Crippen molar-refractivity contribution < 1.29 is 9.90 Å². The van der Waals surface area contributed by atoms with Crippen molar-refractivity contribution in [2.75, 3.05) is 0 Å². The number of rotatable bonds is 5. The molecule has 0 saturated heterocycles. The summed E-state index contributed by atoms with van der Waals surface area (Å²) < 4.78 is 1.51. The van der Waals surface area contributed by atoms with Gasteiger partial charge in [-0.3, -0.25) is 9.78 Å². The number of carboxylic acid groups (broad SMARTS) is 1. The van der Waals surface area contributed by atoms with Crippen LogP contribution in [0.5, 0.6) is 0 Å². The highest BCUT2D eigenvalue weighted by Crippen LogP contribution is 2.16. The molecule has 0 aliphatic carbocycles. The van der Waals surface area contributed by atoms with Gasteiger partial charge in [-0.05, 0) is 36.6 Å². The summed E-state index contributed by atoms with van der Waals surface area (Å²) in [5.41, 5.74) is 0.617. The predicted octanol–water partition coefficient (Wildman–Crippen LogP) is 2.65. The first-order chi connectivity index (χ1) is 10.0. The molecule has 2 aromatic rings. The zero-order chi connectivity index (χ0) is 15.4. The van der Waals surface area contributed by atoms with E-state index in [1.54, 1.807) is 24.4 Å². The van der Waals surface area contributed by atoms with Gasteiger partial charge in [0, 0.05) is 12.7 Å². The molecule has 0 atom stereocenters. The van der Waals surface area contributed by atoms with E-state index in [-0.39, 0.29) is 5.56 Å². The molecule has 0 spiro atoms. The van der Waals surface area contributed by atoms with Crippen molar-refractivity contribution >= 4 is 5.97 Å². The average Bonchev–Trinajstić information content (AvgIpc) is 2.46. The minimum absolute atomic E-state index is 0.210. The van der Waals surface area contributed by atoms with Crippen molar-refractivity contribution in [3.8, 4) is 11.4 Å². The monoisotopic (exact) mass is 286 g/mol. The van der Waals surface area contributed by atoms with Gasteiger partial charge in [-0.2, -0.15) is 0 Å². The summed E-state index contributed by atoms with van der Waals surface area (Å²) in [6.07, 6.45) is 2.44. The maximum atomic E-state index is 12.4. The molecule has 21 heavy (non-hydrogen) atoms. The molecule has 5 nitrogen and oxygen atoms in total. The van der Waals surface area contributed by atoms with Crippen molar-refractivity contribution in [2.45, 2.75) is 26.8 Å². The van der Waals surface area contributed by atoms with Crippen LogP contribution < -0.4 is 5.56 Å². The van der Waals surface area contributed by atoms with Crippen LogP contribution in [0.3, 0.4) is 0 Å². The fraction of sp³-hybridized carbons (Fsp3) is 0.312. The predicted molar refractivity (Wildman–Crippen MR) is 80.3 cm³/mol. The first-order valence-electron chi connectivity index (χ1n) is 6.89. The van der Waals surface area contributed by atoms with Crippen LogP contribution in [-0.4, -0.2) is 20.6 Å². The lowest BCUT2D eigenvalue weighted by molar-refractivity contribution is 0.0694. The van der Waals surface area contributed by atoms with Gasteiger partial charge in [0.1, 0.15) is 5.56 Å². The van der Waals surface area contributed by atoms with E-state index in [1.807, 2.05) is 6.07 Å². The Kier molecular flexibility index (Phi) is 4.52. The van der Waals surface area contributed by atoms with Gasteiger partial charge in [0.25, 0.3) is 5.56 Å². The van der Waals surface area contributed by atoms with Gasteiger partial charge in [-0.1, -0.05) is 19.9 Å². The van der Waals surface area contributed by atoms with Crippen molar-refractivity contribution in [3.05, 3.63) is 52.4 Å². The van der Waals surface area contributed by atoms with E-state index in [1.165, 1.54) is 10.6 Å². The molecule has 0 fully saturated rings. The Balaban J connectivity index is 2.57. The number of carboxylic acids is 1. The second-order valence-electron chi connectivity index (χ2n) is 5.29. The third-order valence-corrected chi connectivity index (χ3v) is 3.26. The van der Waals surface area contributed by atoms with Gasteiger partial charge >= 0.3 is 5.97 Å². The summed E-state index contributed by atoms with van der Waals surface area (Å²) in [6, 6.07) is 8.44. The number of hydrogen-bond acceptors (Lipinski definition) is 3. The first kappa shape index (κ1) is 15.0. The minimum atomic E-state index is -1.20. The Morgan fingerprint density at radius 1 is 1.29 bits per heavy atom. The van der Waals surface area contributed by atoms with E-state index in [2.05, 4.69) is 18.8 Å². The number of carbonyl (C=O) groups is 1. The summed E-state index contributed by atoms with van der Waals surface area (Å²) >= 11 is 0. The van der Waals surface area contributed by atoms with Crippen LogP contribution in [0.15, 0.2) is 41.3 Å². The standard InChI is InChI=1S/C16H18N2O3/c1-11(2)8-10-18-14(13-5-3-4-9-17-13)7-6-12(15(18)19)16(20)21/h3-7,9,11H,8,10H2,1-2H3,(H,20,21). The van der Waals surface area contributed by atoms with Crippen LogP contribution in [0, 0.1) is 5.92 Å². The van der Waals surface area contributed by atoms with Crippen LogP contribution in [0.4, 0.5) is 0 Å². The molecule has 1 N–H and O–H groups in total. The van der Waals surface area contributed by atoms with E-state index in [0.717, 1.165) is 6.42 Å². The Hall–Kier alpha value is -2.43. The van der Waals surface area contributed by atoms with Crippen LogP contribution in [-0.2, 0) is 6.54 Å². The largest absolute Gasteiger partial charge is 0.477 e. The number of hydrogen-bond donors (Lipinski definition) is 1. The molecule has 110 valence electrons. The molecule has 2 heterocycles. The lowest BCUT2D eigenvalue weighted by atomic mass is 10.1. The highest BCUT2D eigenvalue weighted by molar-refractivity contribution is 5.87. The SMILES string of the molecule is CC(C)CCn1c(-c2ccccn2)ccc(C(=O)O)c1=O. The second kappa shape index (κ2) is 6.35. The van der Waals surface area contributed by atoms with E-state index < -0.39 is 11.5 Å². The summed E-state index contributed by atoms with van der Waals surface area (Å²) in [7, 11) is 0. The van der Waals surface area contributed by atoms with E-state index in [9.17, 15) is 9.59 Å². The highest BCUT2D eigenvalue weighted by atomic mass is 16.4. The van der Waals surface area contributed by atoms with Gasteiger partial charge in [0.05, 0.1) is 11.4 Å². The number of aromatic nitrogens is 2. The Morgan fingerprint density at radius 3 is 2.62 bits per heavy atom. The van der Waals surface area contributed by atoms with Gasteiger partial charge < -0.3 is 9.67 Å². The van der Waals surface area contributed by atoms with Gasteiger partial charge in [-0.25, -0.2) is 4.79 Å². The Labute approximate surface area is 122 Å². The molecule has 0 aliphatic heterocycles. The normalized spacial score (nSPS) is 10.8. The summed E-state index contributed by atoms with van der Waals surface area (Å²) in [4.78, 5) is 27.7. The third-order valence-electron chi connectivity index (χ3n) is 3.26. The average molecular weight is 286 g/mol. The maximum Gasteiger partial charge on any atom is 0.341 e. The highest BCUT2D eigenvalue weighted by Gasteiger charge is 2.15. The summed E-state index contributed by atoms with van der Waals surface area (Å²) in [5.74, 6) is -0.784. The minimum Gasteiger partial charge on any atom is -0.477 e. The van der Waals surface area contributed by atoms with Gasteiger partial charge in [0.2, 0.25) is 0 Å². The fourth-order valence-corrected chi connectivity index (χ4v) is 2.09. The number of pyridine rings is 2. The van der Waals surface area contributed by atoms with E-state index in [4.69, 9.17) is 5.11 Å². The van der Waals surface area contributed by atoms with Gasteiger partial charge in [0.15, 0.2) is 0 Å². The van der Waals surface area contributed by atoms with Crippen LogP contribution in [0.2, 0.25) is 0 Å². The summed E-state index contributed by atoms with van der Waals surface area (Å²) in [5, 5.41) is 9.10. The molecule has 0 radical (unpaired) electrons. The molecular weight excluding hydrogens is 268 g/mol. The smallest absolute Gasteiger partial charge is 0.341 e. The van der Waals surface area contributed by atoms with Crippen molar-refractivity contribution in [1.29, 1.82) is 0 Å². The molecule has 0 saturated carbocycles. The molecule has 2 rings (SSSR count). The number of nitrogens with zero attached hydrogens (tertiary/aromatic N) is 2. The van der Waals surface area contributed by atoms with Crippen molar-refractivity contribution in [2.24, 2.45) is 5.92 Å². The number of aromatic carboxylic acids is 1. The van der Waals surface area contributed by atoms with E-state index >= 15 is 0 Å². The van der Waals surface area contributed by atoms with Crippen LogP contribution in [0.1, 0.15) is 30.6 Å². The lowest BCUT2D eigenvalue weighted by Gasteiger charge is -2.14. The zero-order valence-corrected chi connectivity index (χ0v) is 12.1. The fourth-order valence-electron chi connectivity index (χ4n) is 2.09. The first-order valence-corrected chi connectivity index (χ1v) is 6.89. The molecule has 2 aromatic heterocycles. The molecule has 0 bridgehead atoms. The molecule has 0 amide bonds. The molecule has 0 aliphatic rings. The quantitative estimate of drug-likeness (QED) is 0.917. The maximum absolute atomic E-state index is 12.4. The van der Waals surface area contributed by atoms with Crippen molar-refractivity contribution in [1.82, 2.24) is 9.55 Å².